The quantitative estimate of drug-likeness (QED) is 0.153. The Balaban J connectivity index is 1.85. The van der Waals surface area contributed by atoms with E-state index in [1.165, 1.54) is 30.3 Å². The fourth-order valence-electron chi connectivity index (χ4n) is 4.56. The SMILES string of the molecule is CCCc1nc2cc(N(Cc3ccccc3C(F)(F)F)S(=O)(=O)c3ccc(F)cc3)ccc2n1CC(=O)OC(C)(C)C. The first-order valence-electron chi connectivity index (χ1n) is 13.2. The molecule has 3 aromatic carbocycles. The second-order valence-corrected chi connectivity index (χ2v) is 12.6. The predicted molar refractivity (Wildman–Crippen MR) is 151 cm³/mol. The molecule has 0 saturated carbocycles. The average molecular weight is 606 g/mol. The van der Waals surface area contributed by atoms with Gasteiger partial charge in [-0.3, -0.25) is 9.10 Å². The van der Waals surface area contributed by atoms with E-state index in [1.807, 2.05) is 6.92 Å². The number of hydrogen-bond acceptors (Lipinski definition) is 5. The standard InChI is InChI=1S/C30H31F4N3O4S/c1-5-8-27-35-25-17-22(13-16-26(25)36(27)19-28(38)41-29(2,3)4)37(42(39,40)23-14-11-21(31)12-15-23)18-20-9-6-7-10-24(20)30(32,33)34/h6-7,9-17H,5,8,18-19H2,1-4H3. The molecule has 4 rings (SSSR count). The summed E-state index contributed by atoms with van der Waals surface area (Å²) in [5.74, 6) is -0.568. The van der Waals surface area contributed by atoms with E-state index in [4.69, 9.17) is 4.74 Å². The number of sulfonamides is 1. The van der Waals surface area contributed by atoms with Crippen molar-refractivity contribution in [1.29, 1.82) is 0 Å². The summed E-state index contributed by atoms with van der Waals surface area (Å²) in [5, 5.41) is 0. The monoisotopic (exact) mass is 605 g/mol. The first kappa shape index (κ1) is 31.0. The Bertz CT molecular complexity index is 1690. The van der Waals surface area contributed by atoms with Gasteiger partial charge in [0.25, 0.3) is 10.0 Å². The van der Waals surface area contributed by atoms with Gasteiger partial charge in [-0.15, -0.1) is 0 Å². The lowest BCUT2D eigenvalue weighted by atomic mass is 10.1. The molecule has 0 aliphatic rings. The molecule has 12 heteroatoms. The lowest BCUT2D eigenvalue weighted by molar-refractivity contribution is -0.155. The Labute approximate surface area is 241 Å². The van der Waals surface area contributed by atoms with Crippen LogP contribution in [0.3, 0.4) is 0 Å². The third kappa shape index (κ3) is 6.92. The number of carbonyl (C=O) groups is 1. The molecule has 224 valence electrons. The summed E-state index contributed by atoms with van der Waals surface area (Å²) < 4.78 is 90.8. The summed E-state index contributed by atoms with van der Waals surface area (Å²) in [6.07, 6.45) is -3.49. The number of nitrogens with zero attached hydrogens (tertiary/aromatic N) is 3. The normalized spacial score (nSPS) is 12.5. The topological polar surface area (TPSA) is 81.5 Å². The van der Waals surface area contributed by atoms with Gasteiger partial charge < -0.3 is 9.30 Å². The Hall–Kier alpha value is -3.93. The molecule has 7 nitrogen and oxygen atoms in total. The molecule has 0 amide bonds. The molecule has 0 aliphatic carbocycles. The number of aryl methyl sites for hydroxylation is 1. The Morgan fingerprint density at radius 3 is 2.29 bits per heavy atom. The summed E-state index contributed by atoms with van der Waals surface area (Å²) in [7, 11) is -4.46. The zero-order valence-corrected chi connectivity index (χ0v) is 24.4. The maximum Gasteiger partial charge on any atom is 0.416 e. The Morgan fingerprint density at radius 2 is 1.67 bits per heavy atom. The third-order valence-corrected chi connectivity index (χ3v) is 8.11. The molecule has 0 unspecified atom stereocenters. The molecular formula is C30H31F4N3O4S. The van der Waals surface area contributed by atoms with Crippen molar-refractivity contribution in [1.82, 2.24) is 9.55 Å². The maximum atomic E-state index is 13.8. The average Bonchev–Trinajstić information content (AvgIpc) is 3.22. The minimum atomic E-state index is -4.72. The van der Waals surface area contributed by atoms with E-state index in [0.717, 1.165) is 34.6 Å². The number of fused-ring (bicyclic) bond motifs is 1. The molecule has 4 aromatic rings. The lowest BCUT2D eigenvalue weighted by Gasteiger charge is -2.26. The smallest absolute Gasteiger partial charge is 0.416 e. The van der Waals surface area contributed by atoms with Crippen LogP contribution in [0.15, 0.2) is 71.6 Å². The molecule has 42 heavy (non-hydrogen) atoms. The van der Waals surface area contributed by atoms with Gasteiger partial charge >= 0.3 is 12.1 Å². The van der Waals surface area contributed by atoms with Crippen molar-refractivity contribution in [3.05, 3.63) is 89.5 Å². The molecule has 0 atom stereocenters. The third-order valence-electron chi connectivity index (χ3n) is 6.32. The number of ether oxygens (including phenoxy) is 1. The van der Waals surface area contributed by atoms with Gasteiger partial charge in [-0.05, 0) is 81.3 Å². The lowest BCUT2D eigenvalue weighted by Crippen LogP contribution is -2.31. The molecule has 0 spiro atoms. The van der Waals surface area contributed by atoms with Gasteiger partial charge in [-0.1, -0.05) is 25.1 Å². The van der Waals surface area contributed by atoms with Crippen molar-refractivity contribution in [2.75, 3.05) is 4.31 Å². The summed E-state index contributed by atoms with van der Waals surface area (Å²) in [6, 6.07) is 13.2. The first-order valence-corrected chi connectivity index (χ1v) is 14.7. The van der Waals surface area contributed by atoms with Crippen LogP contribution in [0.1, 0.15) is 51.1 Å². The van der Waals surface area contributed by atoms with Gasteiger partial charge in [0.1, 0.15) is 23.8 Å². The first-order chi connectivity index (χ1) is 19.6. The van der Waals surface area contributed by atoms with Crippen LogP contribution in [0.5, 0.6) is 0 Å². The fraction of sp³-hybridized carbons (Fsp3) is 0.333. The van der Waals surface area contributed by atoms with Gasteiger partial charge in [-0.25, -0.2) is 17.8 Å². The molecule has 0 bridgehead atoms. The van der Waals surface area contributed by atoms with Crippen LogP contribution in [0.25, 0.3) is 11.0 Å². The Kier molecular flexibility index (Phi) is 8.68. The highest BCUT2D eigenvalue weighted by Gasteiger charge is 2.35. The summed E-state index contributed by atoms with van der Waals surface area (Å²) in [5.41, 5.74) is -1.01. The van der Waals surface area contributed by atoms with Crippen molar-refractivity contribution in [3.8, 4) is 0 Å². The molecule has 1 aromatic heterocycles. The van der Waals surface area contributed by atoms with Crippen molar-refractivity contribution in [3.63, 3.8) is 0 Å². The Morgan fingerprint density at radius 1 is 1.00 bits per heavy atom. The van der Waals surface area contributed by atoms with Crippen LogP contribution in [0.4, 0.5) is 23.2 Å². The molecule has 0 aliphatic heterocycles. The van der Waals surface area contributed by atoms with Crippen molar-refractivity contribution in [2.45, 2.75) is 70.3 Å². The van der Waals surface area contributed by atoms with Crippen LogP contribution >= 0.6 is 0 Å². The van der Waals surface area contributed by atoms with E-state index in [1.54, 1.807) is 31.4 Å². The zero-order chi connectivity index (χ0) is 30.9. The minimum Gasteiger partial charge on any atom is -0.459 e. The number of alkyl halides is 3. The second kappa shape index (κ2) is 11.7. The highest BCUT2D eigenvalue weighted by Crippen LogP contribution is 2.35. The van der Waals surface area contributed by atoms with Crippen molar-refractivity contribution in [2.24, 2.45) is 0 Å². The van der Waals surface area contributed by atoms with Gasteiger partial charge in [0.15, 0.2) is 0 Å². The van der Waals surface area contributed by atoms with Crippen LogP contribution in [-0.2, 0) is 45.2 Å². The largest absolute Gasteiger partial charge is 0.459 e. The number of aromatic nitrogens is 2. The van der Waals surface area contributed by atoms with Crippen molar-refractivity contribution >= 4 is 32.7 Å². The zero-order valence-electron chi connectivity index (χ0n) is 23.6. The molecule has 0 N–H and O–H groups in total. The van der Waals surface area contributed by atoms with E-state index in [9.17, 15) is 30.8 Å². The van der Waals surface area contributed by atoms with E-state index < -0.39 is 45.7 Å². The minimum absolute atomic E-state index is 0.0498. The summed E-state index contributed by atoms with van der Waals surface area (Å²) in [4.78, 5) is 17.0. The highest BCUT2D eigenvalue weighted by molar-refractivity contribution is 7.92. The number of benzene rings is 3. The number of halogens is 4. The predicted octanol–water partition coefficient (Wildman–Crippen LogP) is 6.88. The number of imidazole rings is 1. The van der Waals surface area contributed by atoms with Crippen LogP contribution in [0, 0.1) is 5.82 Å². The number of rotatable bonds is 9. The van der Waals surface area contributed by atoms with E-state index in [2.05, 4.69) is 4.98 Å². The van der Waals surface area contributed by atoms with Gasteiger partial charge in [-0.2, -0.15) is 13.2 Å². The molecular weight excluding hydrogens is 574 g/mol. The van der Waals surface area contributed by atoms with E-state index in [0.29, 0.717) is 29.7 Å². The van der Waals surface area contributed by atoms with Crippen LogP contribution in [0.2, 0.25) is 0 Å². The molecule has 0 saturated heterocycles. The highest BCUT2D eigenvalue weighted by atomic mass is 32.2. The second-order valence-electron chi connectivity index (χ2n) is 10.7. The fourth-order valence-corrected chi connectivity index (χ4v) is 5.99. The molecule has 0 radical (unpaired) electrons. The number of hydrogen-bond donors (Lipinski definition) is 0. The van der Waals surface area contributed by atoms with Gasteiger partial charge in [0, 0.05) is 6.42 Å². The number of carbonyl (C=O) groups excluding carboxylic acids is 1. The number of anilines is 1. The molecule has 1 heterocycles. The summed E-state index contributed by atoms with van der Waals surface area (Å²) in [6.45, 7) is 6.42. The summed E-state index contributed by atoms with van der Waals surface area (Å²) >= 11 is 0. The van der Waals surface area contributed by atoms with Gasteiger partial charge in [0.05, 0.1) is 33.7 Å². The molecule has 0 fully saturated rings. The van der Waals surface area contributed by atoms with E-state index >= 15 is 0 Å². The number of esters is 1. The van der Waals surface area contributed by atoms with E-state index in [-0.39, 0.29) is 22.7 Å². The van der Waals surface area contributed by atoms with Crippen LogP contribution in [-0.4, -0.2) is 29.5 Å². The van der Waals surface area contributed by atoms with Crippen LogP contribution < -0.4 is 4.31 Å². The maximum absolute atomic E-state index is 13.8. The van der Waals surface area contributed by atoms with Gasteiger partial charge in [0.2, 0.25) is 0 Å². The van der Waals surface area contributed by atoms with Crippen molar-refractivity contribution < 1.29 is 35.5 Å².